The fraction of sp³-hybridized carbons (Fsp3) is 0.667. The van der Waals surface area contributed by atoms with E-state index in [4.69, 9.17) is 4.74 Å². The van der Waals surface area contributed by atoms with E-state index < -0.39 is 5.54 Å². The number of fused-ring (bicyclic) bond motifs is 1. The number of amides is 1. The highest BCUT2D eigenvalue weighted by Gasteiger charge is 2.55. The third kappa shape index (κ3) is 3.23. The van der Waals surface area contributed by atoms with Crippen LogP contribution < -0.4 is 10.2 Å². The molecule has 0 saturated heterocycles. The molecule has 1 amide bonds. The van der Waals surface area contributed by atoms with E-state index in [0.29, 0.717) is 19.6 Å². The maximum atomic E-state index is 13.0. The van der Waals surface area contributed by atoms with Crippen molar-refractivity contribution in [1.82, 2.24) is 0 Å². The van der Waals surface area contributed by atoms with Crippen molar-refractivity contribution in [2.75, 3.05) is 23.4 Å². The molecule has 156 valence electrons. The van der Waals surface area contributed by atoms with Crippen LogP contribution in [0.5, 0.6) is 0 Å². The number of benzene rings is 1. The highest BCUT2D eigenvalue weighted by Crippen LogP contribution is 2.60. The standard InChI is InChI=1S/C24H32N2O3/c1-23(2)21(27)26(20-7-4-3-6-19(20)25-23)8-5-9-29-22(28)24-13-16-10-17(14-24)12-18(11-16)15-24/h3-4,6-7,16-18,25H,5,8-15H2,1-2H3. The molecule has 0 radical (unpaired) electrons. The molecule has 1 N–H and O–H groups in total. The van der Waals surface area contributed by atoms with E-state index >= 15 is 0 Å². The Morgan fingerprint density at radius 2 is 1.72 bits per heavy atom. The van der Waals surface area contributed by atoms with Gasteiger partial charge in [0, 0.05) is 6.54 Å². The average molecular weight is 397 g/mol. The summed E-state index contributed by atoms with van der Waals surface area (Å²) in [5.74, 6) is 2.32. The van der Waals surface area contributed by atoms with Crippen molar-refractivity contribution in [3.63, 3.8) is 0 Å². The zero-order valence-corrected chi connectivity index (χ0v) is 17.6. The van der Waals surface area contributed by atoms with E-state index in [9.17, 15) is 9.59 Å². The maximum absolute atomic E-state index is 13.0. The van der Waals surface area contributed by atoms with Gasteiger partial charge in [-0.15, -0.1) is 0 Å². The number of esters is 1. The van der Waals surface area contributed by atoms with Crippen LogP contribution in [0.4, 0.5) is 11.4 Å². The van der Waals surface area contributed by atoms with Gasteiger partial charge >= 0.3 is 5.97 Å². The second kappa shape index (κ2) is 6.75. The quantitative estimate of drug-likeness (QED) is 0.593. The lowest BCUT2D eigenvalue weighted by molar-refractivity contribution is -0.171. The number of ether oxygens (including phenoxy) is 1. The Kier molecular flexibility index (Phi) is 4.41. The number of hydrogen-bond donors (Lipinski definition) is 1. The van der Waals surface area contributed by atoms with Crippen molar-refractivity contribution in [2.45, 2.75) is 64.3 Å². The predicted octanol–water partition coefficient (Wildman–Crippen LogP) is 4.37. The molecule has 4 bridgehead atoms. The molecule has 4 aliphatic carbocycles. The third-order valence-electron chi connectivity index (χ3n) is 7.65. The summed E-state index contributed by atoms with van der Waals surface area (Å²) >= 11 is 0. The zero-order valence-electron chi connectivity index (χ0n) is 17.6. The predicted molar refractivity (Wildman–Crippen MR) is 113 cm³/mol. The van der Waals surface area contributed by atoms with E-state index in [1.165, 1.54) is 19.3 Å². The van der Waals surface area contributed by atoms with E-state index in [1.807, 2.05) is 43.0 Å². The molecule has 0 unspecified atom stereocenters. The van der Waals surface area contributed by atoms with Crippen molar-refractivity contribution < 1.29 is 14.3 Å². The monoisotopic (exact) mass is 396 g/mol. The van der Waals surface area contributed by atoms with Gasteiger partial charge in [0.15, 0.2) is 0 Å². The number of carbonyl (C=O) groups is 2. The molecule has 1 aromatic rings. The van der Waals surface area contributed by atoms with Crippen LogP contribution in [0.3, 0.4) is 0 Å². The Bertz CT molecular complexity index is 796. The van der Waals surface area contributed by atoms with Gasteiger partial charge in [0.2, 0.25) is 0 Å². The van der Waals surface area contributed by atoms with Crippen LogP contribution in [0.15, 0.2) is 24.3 Å². The van der Waals surface area contributed by atoms with Crippen LogP contribution >= 0.6 is 0 Å². The van der Waals surface area contributed by atoms with Crippen LogP contribution in [0, 0.1) is 23.2 Å². The third-order valence-corrected chi connectivity index (χ3v) is 7.65. The fourth-order valence-electron chi connectivity index (χ4n) is 6.77. The van der Waals surface area contributed by atoms with Gasteiger partial charge in [0.25, 0.3) is 5.91 Å². The second-order valence-electron chi connectivity index (χ2n) is 10.4. The molecule has 6 rings (SSSR count). The summed E-state index contributed by atoms with van der Waals surface area (Å²) in [7, 11) is 0. The molecule has 4 saturated carbocycles. The number of nitrogens with one attached hydrogen (secondary N) is 1. The normalized spacial score (nSPS) is 33.9. The fourth-order valence-corrected chi connectivity index (χ4v) is 6.77. The lowest BCUT2D eigenvalue weighted by atomic mass is 9.49. The Labute approximate surface area is 173 Å². The first-order chi connectivity index (χ1) is 13.9. The van der Waals surface area contributed by atoms with Gasteiger partial charge in [-0.3, -0.25) is 9.59 Å². The molecule has 0 atom stereocenters. The van der Waals surface area contributed by atoms with E-state index in [2.05, 4.69) is 5.32 Å². The zero-order chi connectivity index (χ0) is 20.2. The lowest BCUT2D eigenvalue weighted by Gasteiger charge is -2.55. The summed E-state index contributed by atoms with van der Waals surface area (Å²) in [6.07, 6.45) is 7.75. The van der Waals surface area contributed by atoms with Gasteiger partial charge in [-0.25, -0.2) is 0 Å². The number of rotatable bonds is 5. The minimum Gasteiger partial charge on any atom is -0.465 e. The van der Waals surface area contributed by atoms with E-state index in [1.54, 1.807) is 0 Å². The van der Waals surface area contributed by atoms with Crippen molar-refractivity contribution in [1.29, 1.82) is 0 Å². The van der Waals surface area contributed by atoms with Gasteiger partial charge in [-0.1, -0.05) is 12.1 Å². The van der Waals surface area contributed by atoms with Crippen LogP contribution in [-0.4, -0.2) is 30.6 Å². The summed E-state index contributed by atoms with van der Waals surface area (Å²) < 4.78 is 5.80. The molecule has 5 nitrogen and oxygen atoms in total. The number of anilines is 2. The highest BCUT2D eigenvalue weighted by molar-refractivity contribution is 6.07. The first kappa shape index (κ1) is 19.0. The minimum atomic E-state index is -0.635. The van der Waals surface area contributed by atoms with Gasteiger partial charge in [0.05, 0.1) is 23.4 Å². The summed E-state index contributed by atoms with van der Waals surface area (Å²) in [5.41, 5.74) is 1.05. The highest BCUT2D eigenvalue weighted by atomic mass is 16.5. The van der Waals surface area contributed by atoms with Crippen molar-refractivity contribution in [2.24, 2.45) is 23.2 Å². The van der Waals surface area contributed by atoms with Crippen molar-refractivity contribution in [3.05, 3.63) is 24.3 Å². The van der Waals surface area contributed by atoms with E-state index in [-0.39, 0.29) is 17.3 Å². The Morgan fingerprint density at radius 3 is 2.38 bits per heavy atom. The number of carbonyl (C=O) groups excluding carboxylic acids is 2. The Morgan fingerprint density at radius 1 is 1.10 bits per heavy atom. The average Bonchev–Trinajstić information content (AvgIpc) is 2.66. The second-order valence-corrected chi connectivity index (χ2v) is 10.4. The summed E-state index contributed by atoms with van der Waals surface area (Å²) in [4.78, 5) is 27.8. The summed E-state index contributed by atoms with van der Waals surface area (Å²) in [6, 6.07) is 7.90. The smallest absolute Gasteiger partial charge is 0.312 e. The van der Waals surface area contributed by atoms with Gasteiger partial charge < -0.3 is 15.0 Å². The number of nitrogens with zero attached hydrogens (tertiary/aromatic N) is 1. The van der Waals surface area contributed by atoms with E-state index in [0.717, 1.165) is 48.4 Å². The summed E-state index contributed by atoms with van der Waals surface area (Å²) in [5, 5.41) is 3.32. The number of para-hydroxylation sites is 2. The topological polar surface area (TPSA) is 58.6 Å². The molecule has 4 fully saturated rings. The molecule has 0 spiro atoms. The number of hydrogen-bond acceptors (Lipinski definition) is 4. The first-order valence-electron chi connectivity index (χ1n) is 11.2. The van der Waals surface area contributed by atoms with Crippen LogP contribution in [0.1, 0.15) is 58.8 Å². The van der Waals surface area contributed by atoms with Crippen molar-refractivity contribution in [3.8, 4) is 0 Å². The lowest BCUT2D eigenvalue weighted by Crippen LogP contribution is -2.54. The van der Waals surface area contributed by atoms with Gasteiger partial charge in [-0.2, -0.15) is 0 Å². The molecule has 1 heterocycles. The molecule has 5 aliphatic rings. The molecule has 5 heteroatoms. The largest absolute Gasteiger partial charge is 0.465 e. The Hall–Kier alpha value is -2.04. The van der Waals surface area contributed by atoms with Crippen molar-refractivity contribution >= 4 is 23.3 Å². The summed E-state index contributed by atoms with van der Waals surface area (Å²) in [6.45, 7) is 4.77. The van der Waals surface area contributed by atoms with Gasteiger partial charge in [-0.05, 0) is 88.7 Å². The molecule has 1 aromatic carbocycles. The SMILES string of the molecule is CC1(C)Nc2ccccc2N(CCCOC(=O)C23CC4CC(CC(C4)C2)C3)C1=O. The maximum Gasteiger partial charge on any atom is 0.312 e. The molecule has 1 aliphatic heterocycles. The Balaban J connectivity index is 1.20. The molecular weight excluding hydrogens is 364 g/mol. The molecular formula is C24H32N2O3. The van der Waals surface area contributed by atoms with Crippen LogP contribution in [-0.2, 0) is 14.3 Å². The molecule has 0 aromatic heterocycles. The van der Waals surface area contributed by atoms with Crippen LogP contribution in [0.2, 0.25) is 0 Å². The first-order valence-corrected chi connectivity index (χ1v) is 11.2. The van der Waals surface area contributed by atoms with Crippen LogP contribution in [0.25, 0.3) is 0 Å². The minimum absolute atomic E-state index is 0.0315. The molecule has 29 heavy (non-hydrogen) atoms. The van der Waals surface area contributed by atoms with Gasteiger partial charge in [0.1, 0.15) is 5.54 Å².